The van der Waals surface area contributed by atoms with E-state index in [-0.39, 0.29) is 21.0 Å². The quantitative estimate of drug-likeness (QED) is 0.0935. The lowest BCUT2D eigenvalue weighted by molar-refractivity contribution is 0.202. The Morgan fingerprint density at radius 3 is 1.18 bits per heavy atom. The first-order valence-electron chi connectivity index (χ1n) is 18.0. The first-order chi connectivity index (χ1) is 24.4. The molecule has 0 aromatic heterocycles. The van der Waals surface area contributed by atoms with Crippen LogP contribution >= 0.6 is 93.1 Å². The minimum absolute atomic E-state index is 0.208. The number of likely N-dealkylation sites (tertiary alicyclic amines) is 2. The fourth-order valence-electron chi connectivity index (χ4n) is 6.13. The second-order valence-corrected chi connectivity index (χ2v) is 21.1. The van der Waals surface area contributed by atoms with Gasteiger partial charge < -0.3 is 19.6 Å². The molecule has 4 saturated heterocycles. The largest absolute Gasteiger partial charge is 0.355 e. The zero-order valence-corrected chi connectivity index (χ0v) is 36.0. The lowest BCUT2D eigenvalue weighted by Gasteiger charge is -2.35. The van der Waals surface area contributed by atoms with E-state index in [1.807, 2.05) is 43.5 Å². The summed E-state index contributed by atoms with van der Waals surface area (Å²) in [5.74, 6) is 3.22. The van der Waals surface area contributed by atoms with Gasteiger partial charge in [-0.2, -0.15) is 0 Å². The zero-order valence-electron chi connectivity index (χ0n) is 29.5. The van der Waals surface area contributed by atoms with Crippen LogP contribution in [0, 0.1) is 0 Å². The Morgan fingerprint density at radius 2 is 0.840 bits per heavy atom. The lowest BCUT2D eigenvalue weighted by atomic mass is 10.1. The highest BCUT2D eigenvalue weighted by atomic mass is 33.1. The topological polar surface area (TPSA) is 53.6 Å². The van der Waals surface area contributed by atoms with E-state index in [4.69, 9.17) is 24.4 Å². The van der Waals surface area contributed by atoms with Gasteiger partial charge in [0.25, 0.3) is 10.5 Å². The van der Waals surface area contributed by atoms with Crippen molar-refractivity contribution in [1.82, 2.24) is 29.4 Å². The van der Waals surface area contributed by atoms with Gasteiger partial charge in [-0.3, -0.25) is 19.4 Å². The van der Waals surface area contributed by atoms with E-state index in [0.717, 1.165) is 149 Å². The van der Waals surface area contributed by atoms with E-state index in [9.17, 15) is 9.59 Å². The summed E-state index contributed by atoms with van der Waals surface area (Å²) in [5.41, 5.74) is 0. The highest BCUT2D eigenvalue weighted by Gasteiger charge is 2.26. The molecule has 2 amide bonds. The molecule has 282 valence electrons. The Kier molecular flexibility index (Phi) is 21.1. The smallest absolute Gasteiger partial charge is 0.281 e. The van der Waals surface area contributed by atoms with Gasteiger partial charge in [0.2, 0.25) is 0 Å². The normalized spacial score (nSPS) is 20.7. The SMILES string of the molecule is C=CCN1CCN(C(=S)SCC(CSC(=O)N2CCCCC2)SSC(CSC(=O)N2CCCCC2)CSC(=S)N2CCN(CC=C)CC2)CC1. The van der Waals surface area contributed by atoms with Gasteiger partial charge in [-0.1, -0.05) is 105 Å². The molecule has 0 bridgehead atoms. The highest BCUT2D eigenvalue weighted by Crippen LogP contribution is 2.38. The minimum Gasteiger partial charge on any atom is -0.355 e. The second kappa shape index (κ2) is 24.6. The van der Waals surface area contributed by atoms with Crippen LogP contribution in [0.3, 0.4) is 0 Å². The number of hydrogen-bond acceptors (Lipinski definition) is 12. The molecule has 0 aromatic carbocycles. The van der Waals surface area contributed by atoms with Crippen LogP contribution in [0.1, 0.15) is 38.5 Å². The number of rotatable bonds is 15. The predicted octanol–water partition coefficient (Wildman–Crippen LogP) is 7.43. The van der Waals surface area contributed by atoms with E-state index in [1.165, 1.54) is 36.4 Å². The zero-order chi connectivity index (χ0) is 35.6. The van der Waals surface area contributed by atoms with Gasteiger partial charge in [0.1, 0.15) is 8.64 Å². The summed E-state index contributed by atoms with van der Waals surface area (Å²) in [6, 6.07) is 0. The second-order valence-electron chi connectivity index (χ2n) is 13.0. The Bertz CT molecular complexity index is 1010. The summed E-state index contributed by atoms with van der Waals surface area (Å²) in [7, 11) is 3.75. The molecule has 0 saturated carbocycles. The number of nitrogens with zero attached hydrogens (tertiary/aromatic N) is 6. The van der Waals surface area contributed by atoms with Gasteiger partial charge in [0.05, 0.1) is 0 Å². The summed E-state index contributed by atoms with van der Waals surface area (Å²) in [5, 5.41) is 0.895. The first-order valence-corrected chi connectivity index (χ1v) is 25.0. The molecule has 0 aliphatic carbocycles. The molecule has 0 N–H and O–H groups in total. The first kappa shape index (κ1) is 43.0. The predicted molar refractivity (Wildman–Crippen MR) is 236 cm³/mol. The lowest BCUT2D eigenvalue weighted by Crippen LogP contribution is -2.47. The van der Waals surface area contributed by atoms with E-state index in [0.29, 0.717) is 0 Å². The molecule has 0 spiro atoms. The van der Waals surface area contributed by atoms with Crippen molar-refractivity contribution in [3.05, 3.63) is 25.3 Å². The third-order valence-electron chi connectivity index (χ3n) is 9.16. The molecule has 4 aliphatic rings. The molecule has 0 aromatic rings. The summed E-state index contributed by atoms with van der Waals surface area (Å²) < 4.78 is 1.92. The summed E-state index contributed by atoms with van der Waals surface area (Å²) in [6.07, 6.45) is 10.8. The van der Waals surface area contributed by atoms with Crippen LogP contribution in [0.25, 0.3) is 0 Å². The van der Waals surface area contributed by atoms with Crippen LogP contribution in [0.4, 0.5) is 9.59 Å². The Balaban J connectivity index is 1.34. The Labute approximate surface area is 337 Å². The molecular weight excluding hydrogens is 781 g/mol. The maximum Gasteiger partial charge on any atom is 0.281 e. The number of piperidine rings is 2. The number of thioether (sulfide) groups is 4. The monoisotopic (exact) mass is 836 g/mol. The third kappa shape index (κ3) is 15.5. The van der Waals surface area contributed by atoms with Crippen molar-refractivity contribution >= 4 is 112 Å². The van der Waals surface area contributed by atoms with Crippen molar-refractivity contribution in [2.75, 3.05) is 115 Å². The Morgan fingerprint density at radius 1 is 0.500 bits per heavy atom. The average molecular weight is 837 g/mol. The van der Waals surface area contributed by atoms with Crippen molar-refractivity contribution < 1.29 is 9.59 Å². The van der Waals surface area contributed by atoms with E-state index in [2.05, 4.69) is 32.8 Å². The van der Waals surface area contributed by atoms with Crippen LogP contribution in [0.2, 0.25) is 0 Å². The van der Waals surface area contributed by atoms with Crippen molar-refractivity contribution in [3.8, 4) is 0 Å². The summed E-state index contributed by atoms with van der Waals surface area (Å²) in [4.78, 5) is 39.9. The van der Waals surface area contributed by atoms with E-state index >= 15 is 0 Å². The highest BCUT2D eigenvalue weighted by molar-refractivity contribution is 8.77. The van der Waals surface area contributed by atoms with Crippen molar-refractivity contribution in [2.24, 2.45) is 0 Å². The van der Waals surface area contributed by atoms with Crippen LogP contribution < -0.4 is 0 Å². The molecule has 8 nitrogen and oxygen atoms in total. The molecular formula is C34H56N6O2S8. The standard InChI is InChI=1S/C34H56N6O2S8/c1-3-11-35-17-21-39(22-18-35)33(43)47-27-29(25-45-31(41)37-13-7-5-8-14-37)49-50-30(26-46-32(42)38-15-9-6-10-16-38)28-48-34(44)40-23-19-36(12-4-2)20-24-40/h3-4,29-30H,1-2,5-28H2. The minimum atomic E-state index is 0.208. The van der Waals surface area contributed by atoms with Crippen LogP contribution in [0.15, 0.2) is 25.3 Å². The van der Waals surface area contributed by atoms with Gasteiger partial charge in [-0.05, 0) is 38.5 Å². The average Bonchev–Trinajstić information content (AvgIpc) is 3.16. The van der Waals surface area contributed by atoms with Crippen LogP contribution in [0.5, 0.6) is 0 Å². The molecule has 50 heavy (non-hydrogen) atoms. The fraction of sp³-hybridized carbons (Fsp3) is 0.765. The van der Waals surface area contributed by atoms with E-state index < -0.39 is 0 Å². The molecule has 4 fully saturated rings. The van der Waals surface area contributed by atoms with Crippen molar-refractivity contribution in [3.63, 3.8) is 0 Å². The third-order valence-corrected chi connectivity index (χ3v) is 18.8. The van der Waals surface area contributed by atoms with Crippen molar-refractivity contribution in [2.45, 2.75) is 49.0 Å². The van der Waals surface area contributed by atoms with Crippen LogP contribution in [-0.2, 0) is 0 Å². The van der Waals surface area contributed by atoms with Crippen molar-refractivity contribution in [1.29, 1.82) is 0 Å². The van der Waals surface area contributed by atoms with Gasteiger partial charge in [0.15, 0.2) is 0 Å². The number of carbonyl (C=O) groups excluding carboxylic acids is 2. The fourth-order valence-corrected chi connectivity index (χ4v) is 15.4. The maximum atomic E-state index is 13.2. The Hall–Kier alpha value is 0.220. The molecule has 4 aliphatic heterocycles. The molecule has 4 rings (SSSR count). The number of carbonyl (C=O) groups is 2. The number of amides is 2. The molecule has 2 atom stereocenters. The number of thiocarbonyl (C=S) groups is 2. The molecule has 4 heterocycles. The van der Waals surface area contributed by atoms with Gasteiger partial charge in [0, 0.05) is 125 Å². The summed E-state index contributed by atoms with van der Waals surface area (Å²) in [6.45, 7) is 20.9. The van der Waals surface area contributed by atoms with Gasteiger partial charge >= 0.3 is 0 Å². The molecule has 0 radical (unpaired) electrons. The maximum absolute atomic E-state index is 13.2. The molecule has 16 heteroatoms. The van der Waals surface area contributed by atoms with Gasteiger partial charge in [-0.25, -0.2) is 0 Å². The number of hydrogen-bond donors (Lipinski definition) is 0. The van der Waals surface area contributed by atoms with Gasteiger partial charge in [-0.15, -0.1) is 13.2 Å². The van der Waals surface area contributed by atoms with E-state index in [1.54, 1.807) is 23.5 Å². The number of piperazine rings is 2. The molecule has 2 unspecified atom stereocenters. The van der Waals surface area contributed by atoms with Crippen LogP contribution in [-0.4, -0.2) is 174 Å². The summed E-state index contributed by atoms with van der Waals surface area (Å²) >= 11 is 18.3.